The van der Waals surface area contributed by atoms with Gasteiger partial charge in [0.2, 0.25) is 0 Å². The standard InChI is InChI=1S/C21H34O5/c1-3-4-5-7-16(22)9-10-18-19-14-17(12-15(19)13-20(18)23)26-11-6-8-21(24)25-2/h9-10,15,17-20,23H,3-8,11-14H2,1-2H3/t15-,17+,18-,19+,20-/m0/s1. The zero-order valence-corrected chi connectivity index (χ0v) is 16.2. The van der Waals surface area contributed by atoms with Crippen LogP contribution in [0, 0.1) is 17.8 Å². The number of carbonyl (C=O) groups is 2. The van der Waals surface area contributed by atoms with Gasteiger partial charge in [-0.2, -0.15) is 0 Å². The molecule has 2 aliphatic rings. The summed E-state index contributed by atoms with van der Waals surface area (Å²) in [6.07, 6.45) is 11.0. The second kappa shape index (κ2) is 10.8. The van der Waals surface area contributed by atoms with Gasteiger partial charge in [0.1, 0.15) is 0 Å². The third-order valence-electron chi connectivity index (χ3n) is 5.83. The fourth-order valence-electron chi connectivity index (χ4n) is 4.43. The van der Waals surface area contributed by atoms with Gasteiger partial charge in [-0.15, -0.1) is 0 Å². The molecule has 5 atom stereocenters. The fraction of sp³-hybridized carbons (Fsp3) is 0.810. The lowest BCUT2D eigenvalue weighted by Crippen LogP contribution is -2.20. The highest BCUT2D eigenvalue weighted by Gasteiger charge is 2.47. The molecule has 0 aromatic heterocycles. The van der Waals surface area contributed by atoms with Crippen LogP contribution in [0.1, 0.15) is 64.7 Å². The number of methoxy groups -OCH3 is 1. The van der Waals surface area contributed by atoms with Crippen LogP contribution in [-0.2, 0) is 19.1 Å². The number of ketones is 1. The van der Waals surface area contributed by atoms with E-state index in [2.05, 4.69) is 11.7 Å². The van der Waals surface area contributed by atoms with E-state index in [9.17, 15) is 14.7 Å². The second-order valence-corrected chi connectivity index (χ2v) is 7.73. The molecule has 0 heterocycles. The Morgan fingerprint density at radius 2 is 1.92 bits per heavy atom. The maximum Gasteiger partial charge on any atom is 0.305 e. The average molecular weight is 366 g/mol. The molecule has 0 spiro atoms. The summed E-state index contributed by atoms with van der Waals surface area (Å²) in [7, 11) is 1.40. The molecule has 2 fully saturated rings. The lowest BCUT2D eigenvalue weighted by molar-refractivity contribution is -0.141. The van der Waals surface area contributed by atoms with E-state index in [0.717, 1.165) is 38.5 Å². The van der Waals surface area contributed by atoms with Crippen LogP contribution < -0.4 is 0 Å². The van der Waals surface area contributed by atoms with Crippen LogP contribution in [0.25, 0.3) is 0 Å². The van der Waals surface area contributed by atoms with E-state index in [-0.39, 0.29) is 29.9 Å². The quantitative estimate of drug-likeness (QED) is 0.344. The summed E-state index contributed by atoms with van der Waals surface area (Å²) in [5, 5.41) is 10.4. The van der Waals surface area contributed by atoms with Crippen molar-refractivity contribution in [2.24, 2.45) is 17.8 Å². The highest BCUT2D eigenvalue weighted by molar-refractivity contribution is 5.89. The van der Waals surface area contributed by atoms with Crippen LogP contribution in [-0.4, -0.2) is 42.8 Å². The van der Waals surface area contributed by atoms with Crippen LogP contribution in [0.5, 0.6) is 0 Å². The Balaban J connectivity index is 1.75. The molecule has 0 radical (unpaired) electrons. The first-order valence-electron chi connectivity index (χ1n) is 10.1. The molecule has 26 heavy (non-hydrogen) atoms. The molecule has 148 valence electrons. The summed E-state index contributed by atoms with van der Waals surface area (Å²) in [4.78, 5) is 23.1. The van der Waals surface area contributed by atoms with E-state index < -0.39 is 0 Å². The van der Waals surface area contributed by atoms with Gasteiger partial charge in [-0.3, -0.25) is 9.59 Å². The van der Waals surface area contributed by atoms with Crippen molar-refractivity contribution in [3.8, 4) is 0 Å². The largest absolute Gasteiger partial charge is 0.469 e. The Morgan fingerprint density at radius 3 is 2.65 bits per heavy atom. The number of hydrogen-bond donors (Lipinski definition) is 1. The summed E-state index contributed by atoms with van der Waals surface area (Å²) in [6, 6.07) is 0. The molecule has 5 nitrogen and oxygen atoms in total. The number of aliphatic hydroxyl groups excluding tert-OH is 1. The topological polar surface area (TPSA) is 72.8 Å². The number of hydrogen-bond acceptors (Lipinski definition) is 5. The van der Waals surface area contributed by atoms with E-state index in [1.807, 2.05) is 6.08 Å². The molecule has 1 N–H and O–H groups in total. The summed E-state index contributed by atoms with van der Waals surface area (Å²) in [6.45, 7) is 2.70. The summed E-state index contributed by atoms with van der Waals surface area (Å²) in [5.41, 5.74) is 0. The van der Waals surface area contributed by atoms with Gasteiger partial charge < -0.3 is 14.6 Å². The smallest absolute Gasteiger partial charge is 0.305 e. The Kier molecular flexibility index (Phi) is 8.79. The van der Waals surface area contributed by atoms with Crippen LogP contribution in [0.2, 0.25) is 0 Å². The van der Waals surface area contributed by atoms with Crippen molar-refractivity contribution in [3.63, 3.8) is 0 Å². The summed E-state index contributed by atoms with van der Waals surface area (Å²) >= 11 is 0. The van der Waals surface area contributed by atoms with Crippen molar-refractivity contribution in [3.05, 3.63) is 12.2 Å². The normalized spacial score (nSPS) is 30.7. The second-order valence-electron chi connectivity index (χ2n) is 7.73. The molecule has 2 aliphatic carbocycles. The zero-order chi connectivity index (χ0) is 18.9. The number of ether oxygens (including phenoxy) is 2. The number of unbranched alkanes of at least 4 members (excludes halogenated alkanes) is 2. The number of aliphatic hydroxyl groups is 1. The Labute approximate surface area is 157 Å². The molecule has 2 rings (SSSR count). The predicted molar refractivity (Wildman–Crippen MR) is 99.6 cm³/mol. The van der Waals surface area contributed by atoms with Gasteiger partial charge in [0.15, 0.2) is 5.78 Å². The van der Waals surface area contributed by atoms with Crippen molar-refractivity contribution in [2.75, 3.05) is 13.7 Å². The number of rotatable bonds is 11. The van der Waals surface area contributed by atoms with Gasteiger partial charge in [-0.05, 0) is 50.0 Å². The minimum absolute atomic E-state index is 0.0683. The van der Waals surface area contributed by atoms with Crippen molar-refractivity contribution < 1.29 is 24.2 Å². The van der Waals surface area contributed by atoms with Crippen molar-refractivity contribution in [2.45, 2.75) is 76.9 Å². The minimum atomic E-state index is -0.343. The van der Waals surface area contributed by atoms with E-state index in [1.165, 1.54) is 7.11 Å². The van der Waals surface area contributed by atoms with Gasteiger partial charge in [0, 0.05) is 25.4 Å². The number of carbonyl (C=O) groups excluding carboxylic acids is 2. The fourth-order valence-corrected chi connectivity index (χ4v) is 4.43. The monoisotopic (exact) mass is 366 g/mol. The van der Waals surface area contributed by atoms with E-state index in [1.54, 1.807) is 6.08 Å². The number of allylic oxidation sites excluding steroid dienone is 1. The Hall–Kier alpha value is -1.20. The zero-order valence-electron chi connectivity index (χ0n) is 16.2. The van der Waals surface area contributed by atoms with Gasteiger partial charge >= 0.3 is 5.97 Å². The highest BCUT2D eigenvalue weighted by atomic mass is 16.5. The van der Waals surface area contributed by atoms with Crippen LogP contribution in [0.15, 0.2) is 12.2 Å². The molecule has 5 heteroatoms. The van der Waals surface area contributed by atoms with Crippen molar-refractivity contribution in [1.82, 2.24) is 0 Å². The maximum atomic E-state index is 12.0. The molecule has 0 bridgehead atoms. The van der Waals surface area contributed by atoms with Crippen molar-refractivity contribution >= 4 is 11.8 Å². The molecular weight excluding hydrogens is 332 g/mol. The summed E-state index contributed by atoms with van der Waals surface area (Å²) < 4.78 is 10.6. The Bertz CT molecular complexity index is 487. The van der Waals surface area contributed by atoms with Crippen LogP contribution in [0.4, 0.5) is 0 Å². The average Bonchev–Trinajstić information content (AvgIpc) is 3.13. The molecule has 0 unspecified atom stereocenters. The third kappa shape index (κ3) is 6.20. The highest BCUT2D eigenvalue weighted by Crippen LogP contribution is 2.49. The first-order valence-corrected chi connectivity index (χ1v) is 10.1. The molecular formula is C21H34O5. The van der Waals surface area contributed by atoms with Gasteiger partial charge in [-0.1, -0.05) is 25.8 Å². The van der Waals surface area contributed by atoms with Gasteiger partial charge in [0.05, 0.1) is 19.3 Å². The Morgan fingerprint density at radius 1 is 1.12 bits per heavy atom. The third-order valence-corrected chi connectivity index (χ3v) is 5.83. The van der Waals surface area contributed by atoms with E-state index in [4.69, 9.17) is 4.74 Å². The molecule has 0 aromatic rings. The molecule has 2 saturated carbocycles. The first-order chi connectivity index (χ1) is 12.5. The van der Waals surface area contributed by atoms with Crippen LogP contribution in [0.3, 0.4) is 0 Å². The SMILES string of the molecule is CCCCCC(=O)C=C[C@H]1[C@@H]2C[C@H](OCCCC(=O)OC)C[C@H]2C[C@@H]1O. The van der Waals surface area contributed by atoms with E-state index in [0.29, 0.717) is 37.7 Å². The van der Waals surface area contributed by atoms with Gasteiger partial charge in [-0.25, -0.2) is 0 Å². The van der Waals surface area contributed by atoms with Gasteiger partial charge in [0.25, 0.3) is 0 Å². The first kappa shape index (κ1) is 21.1. The molecule has 0 saturated heterocycles. The summed E-state index contributed by atoms with van der Waals surface area (Å²) in [5.74, 6) is 0.908. The molecule has 0 aliphatic heterocycles. The lowest BCUT2D eigenvalue weighted by atomic mass is 9.90. The lowest BCUT2D eigenvalue weighted by Gasteiger charge is -2.19. The van der Waals surface area contributed by atoms with Crippen molar-refractivity contribution in [1.29, 1.82) is 0 Å². The predicted octanol–water partition coefficient (Wildman–Crippen LogP) is 3.44. The molecule has 0 amide bonds. The minimum Gasteiger partial charge on any atom is -0.469 e. The maximum absolute atomic E-state index is 12.0. The number of fused-ring (bicyclic) bond motifs is 1. The molecule has 0 aromatic carbocycles. The number of esters is 1. The van der Waals surface area contributed by atoms with E-state index >= 15 is 0 Å². The van der Waals surface area contributed by atoms with Crippen LogP contribution >= 0.6 is 0 Å².